The molecule has 3 N–H and O–H groups in total. The molecule has 1 aromatic rings. The van der Waals surface area contributed by atoms with Gasteiger partial charge in [0.1, 0.15) is 5.82 Å². The minimum atomic E-state index is 0. The van der Waals surface area contributed by atoms with Crippen LogP contribution in [0, 0.1) is 5.92 Å². The van der Waals surface area contributed by atoms with Gasteiger partial charge in [0.2, 0.25) is 5.95 Å². The van der Waals surface area contributed by atoms with E-state index in [1.165, 1.54) is 24.9 Å². The molecule has 2 fully saturated rings. The SMILES string of the molecule is Cl.Cl.Nc1nc2c(c(N3CCCC(CN4CCOCC4)C3)n1)CCNCC2. The van der Waals surface area contributed by atoms with Gasteiger partial charge < -0.3 is 20.7 Å². The van der Waals surface area contributed by atoms with E-state index < -0.39 is 0 Å². The summed E-state index contributed by atoms with van der Waals surface area (Å²) in [7, 11) is 0. The van der Waals surface area contributed by atoms with Gasteiger partial charge in [-0.25, -0.2) is 4.98 Å². The third-order valence-electron chi connectivity index (χ3n) is 5.62. The van der Waals surface area contributed by atoms with Crippen LogP contribution in [0.1, 0.15) is 24.1 Å². The highest BCUT2D eigenvalue weighted by Crippen LogP contribution is 2.28. The molecule has 3 aliphatic rings. The molecule has 9 heteroatoms. The fourth-order valence-corrected chi connectivity index (χ4v) is 4.36. The van der Waals surface area contributed by atoms with Crippen molar-refractivity contribution >= 4 is 36.6 Å². The first-order valence-corrected chi connectivity index (χ1v) is 9.70. The summed E-state index contributed by atoms with van der Waals surface area (Å²) in [6.07, 6.45) is 4.47. The molecule has 0 spiro atoms. The summed E-state index contributed by atoms with van der Waals surface area (Å²) in [6.45, 7) is 9.18. The summed E-state index contributed by atoms with van der Waals surface area (Å²) in [5.41, 5.74) is 8.49. The number of hydrogen-bond donors (Lipinski definition) is 2. The number of morpholine rings is 1. The molecule has 4 heterocycles. The van der Waals surface area contributed by atoms with Gasteiger partial charge in [0.25, 0.3) is 0 Å². The van der Waals surface area contributed by atoms with E-state index in [0.29, 0.717) is 11.9 Å². The third kappa shape index (κ3) is 5.57. The Hall–Kier alpha value is -0.860. The maximum atomic E-state index is 6.03. The van der Waals surface area contributed by atoms with Crippen molar-refractivity contribution in [3.8, 4) is 0 Å². The Morgan fingerprint density at radius 2 is 1.85 bits per heavy atom. The van der Waals surface area contributed by atoms with E-state index >= 15 is 0 Å². The Balaban J connectivity index is 0.00000131. The molecule has 27 heavy (non-hydrogen) atoms. The molecule has 3 aliphatic heterocycles. The number of hydrogen-bond acceptors (Lipinski definition) is 7. The highest BCUT2D eigenvalue weighted by Gasteiger charge is 2.27. The van der Waals surface area contributed by atoms with E-state index in [-0.39, 0.29) is 24.8 Å². The highest BCUT2D eigenvalue weighted by atomic mass is 35.5. The predicted molar refractivity (Wildman–Crippen MR) is 113 cm³/mol. The maximum Gasteiger partial charge on any atom is 0.222 e. The van der Waals surface area contributed by atoms with E-state index in [4.69, 9.17) is 10.5 Å². The number of aromatic nitrogens is 2. The van der Waals surface area contributed by atoms with Crippen molar-refractivity contribution in [1.82, 2.24) is 20.2 Å². The molecule has 7 nitrogen and oxygen atoms in total. The van der Waals surface area contributed by atoms with E-state index in [1.54, 1.807) is 0 Å². The summed E-state index contributed by atoms with van der Waals surface area (Å²) in [5.74, 6) is 2.21. The molecule has 1 aromatic heterocycles. The summed E-state index contributed by atoms with van der Waals surface area (Å²) in [5, 5.41) is 3.46. The van der Waals surface area contributed by atoms with Crippen LogP contribution in [0.15, 0.2) is 0 Å². The second-order valence-electron chi connectivity index (χ2n) is 7.45. The lowest BCUT2D eigenvalue weighted by atomic mass is 9.96. The van der Waals surface area contributed by atoms with E-state index in [9.17, 15) is 0 Å². The minimum absolute atomic E-state index is 0. The number of nitrogen functional groups attached to an aromatic ring is 1. The number of nitrogens with one attached hydrogen (secondary N) is 1. The minimum Gasteiger partial charge on any atom is -0.379 e. The highest BCUT2D eigenvalue weighted by molar-refractivity contribution is 5.85. The van der Waals surface area contributed by atoms with Gasteiger partial charge in [0.05, 0.1) is 18.9 Å². The van der Waals surface area contributed by atoms with Crippen LogP contribution in [-0.2, 0) is 17.6 Å². The van der Waals surface area contributed by atoms with Gasteiger partial charge in [-0.1, -0.05) is 0 Å². The van der Waals surface area contributed by atoms with Crippen LogP contribution in [-0.4, -0.2) is 73.9 Å². The molecular weight excluding hydrogens is 387 g/mol. The standard InChI is InChI=1S/C18H30N6O.2ClH/c19-18-21-16-4-6-20-5-3-15(16)17(22-18)24-7-1-2-14(13-24)12-23-8-10-25-11-9-23;;/h14,20H,1-13H2,(H2,19,21,22);2*1H. The van der Waals surface area contributed by atoms with Crippen molar-refractivity contribution in [2.75, 3.05) is 69.7 Å². The number of fused-ring (bicyclic) bond motifs is 1. The monoisotopic (exact) mass is 418 g/mol. The second kappa shape index (κ2) is 10.6. The normalized spacial score (nSPS) is 23.6. The van der Waals surface area contributed by atoms with Crippen LogP contribution < -0.4 is 16.0 Å². The van der Waals surface area contributed by atoms with Crippen molar-refractivity contribution < 1.29 is 4.74 Å². The van der Waals surface area contributed by atoms with Crippen LogP contribution in [0.5, 0.6) is 0 Å². The molecule has 0 saturated carbocycles. The van der Waals surface area contributed by atoms with Gasteiger partial charge in [0.15, 0.2) is 0 Å². The van der Waals surface area contributed by atoms with Crippen LogP contribution in [0.25, 0.3) is 0 Å². The Kier molecular flexibility index (Phi) is 8.82. The zero-order valence-corrected chi connectivity index (χ0v) is 17.5. The van der Waals surface area contributed by atoms with Crippen LogP contribution in [0.3, 0.4) is 0 Å². The number of nitrogens with two attached hydrogens (primary N) is 1. The molecule has 4 rings (SSSR count). The molecule has 154 valence electrons. The first-order chi connectivity index (χ1) is 12.3. The molecule has 0 amide bonds. The topological polar surface area (TPSA) is 79.5 Å². The van der Waals surface area contributed by atoms with E-state index in [1.807, 2.05) is 0 Å². The number of nitrogens with zero attached hydrogens (tertiary/aromatic N) is 4. The van der Waals surface area contributed by atoms with Crippen molar-refractivity contribution in [1.29, 1.82) is 0 Å². The van der Waals surface area contributed by atoms with Crippen molar-refractivity contribution in [3.63, 3.8) is 0 Å². The lowest BCUT2D eigenvalue weighted by Crippen LogP contribution is -2.45. The lowest BCUT2D eigenvalue weighted by molar-refractivity contribution is 0.0296. The van der Waals surface area contributed by atoms with Crippen molar-refractivity contribution in [2.45, 2.75) is 25.7 Å². The zero-order chi connectivity index (χ0) is 17.1. The molecule has 0 aromatic carbocycles. The van der Waals surface area contributed by atoms with Gasteiger partial charge in [-0.05, 0) is 31.7 Å². The predicted octanol–water partition coefficient (Wildman–Crippen LogP) is 1.14. The summed E-state index contributed by atoms with van der Waals surface area (Å²) >= 11 is 0. The number of rotatable bonds is 3. The number of halogens is 2. The van der Waals surface area contributed by atoms with Crippen molar-refractivity contribution in [3.05, 3.63) is 11.3 Å². The van der Waals surface area contributed by atoms with E-state index in [0.717, 1.165) is 76.8 Å². The first kappa shape index (κ1) is 22.4. The number of piperidine rings is 1. The smallest absolute Gasteiger partial charge is 0.222 e. The molecular formula is C18H32Cl2N6O. The van der Waals surface area contributed by atoms with E-state index in [2.05, 4.69) is 25.1 Å². The maximum absolute atomic E-state index is 6.03. The number of ether oxygens (including phenoxy) is 1. The Labute approximate surface area is 174 Å². The molecule has 1 atom stereocenters. The van der Waals surface area contributed by atoms with Gasteiger partial charge in [-0.15, -0.1) is 24.8 Å². The third-order valence-corrected chi connectivity index (χ3v) is 5.62. The zero-order valence-electron chi connectivity index (χ0n) is 15.9. The van der Waals surface area contributed by atoms with Crippen LogP contribution in [0.2, 0.25) is 0 Å². The Morgan fingerprint density at radius 1 is 1.07 bits per heavy atom. The summed E-state index contributed by atoms with van der Waals surface area (Å²) in [4.78, 5) is 14.2. The van der Waals surface area contributed by atoms with Gasteiger partial charge >= 0.3 is 0 Å². The fraction of sp³-hybridized carbons (Fsp3) is 0.778. The van der Waals surface area contributed by atoms with Gasteiger partial charge in [0, 0.05) is 51.3 Å². The number of anilines is 2. The molecule has 0 radical (unpaired) electrons. The molecule has 2 saturated heterocycles. The first-order valence-electron chi connectivity index (χ1n) is 9.70. The fourth-order valence-electron chi connectivity index (χ4n) is 4.36. The average Bonchev–Trinajstić information content (AvgIpc) is 2.87. The summed E-state index contributed by atoms with van der Waals surface area (Å²) < 4.78 is 5.48. The van der Waals surface area contributed by atoms with Gasteiger partial charge in [-0.2, -0.15) is 4.98 Å². The Bertz CT molecular complexity index is 599. The van der Waals surface area contributed by atoms with Crippen LogP contribution >= 0.6 is 24.8 Å². The Morgan fingerprint density at radius 3 is 2.67 bits per heavy atom. The largest absolute Gasteiger partial charge is 0.379 e. The van der Waals surface area contributed by atoms with Gasteiger partial charge in [-0.3, -0.25) is 4.90 Å². The molecule has 0 aliphatic carbocycles. The summed E-state index contributed by atoms with van der Waals surface area (Å²) in [6, 6.07) is 0. The lowest BCUT2D eigenvalue weighted by Gasteiger charge is -2.38. The molecule has 0 bridgehead atoms. The second-order valence-corrected chi connectivity index (χ2v) is 7.45. The quantitative estimate of drug-likeness (QED) is 0.761. The average molecular weight is 419 g/mol. The van der Waals surface area contributed by atoms with Crippen molar-refractivity contribution in [2.24, 2.45) is 5.92 Å². The molecule has 1 unspecified atom stereocenters. The van der Waals surface area contributed by atoms with Crippen LogP contribution in [0.4, 0.5) is 11.8 Å².